The normalized spacial score (nSPS) is 11.3. The summed E-state index contributed by atoms with van der Waals surface area (Å²) in [6.07, 6.45) is 7.34. The van der Waals surface area contributed by atoms with Crippen molar-refractivity contribution in [1.29, 1.82) is 0 Å². The summed E-state index contributed by atoms with van der Waals surface area (Å²) < 4.78 is 12.7. The van der Waals surface area contributed by atoms with Gasteiger partial charge in [-0.1, -0.05) is 212 Å². The predicted octanol–water partition coefficient (Wildman–Crippen LogP) is 24.0. The number of halogens is 4. The molecule has 20 rings (SSSR count). The maximum absolute atomic E-state index is 4.90. The standard InChI is InChI=1S/C26H16BrN5.C23H15BrN2.C22H14BrN3.C17H11BrN2/c27-19-13-14-20-22(16-19)32(21-12-7-15-28-23(20)21)26-30-24(17-8-3-1-4-9-17)29-25(31-26)18-10-5-2-6-11-18;24-18-11-12-20-22(15-18)26(21-10-5-13-25-23(20)21)19-9-4-8-17(14-19)16-6-2-1-3-7-16;23-20-13-12-18-21-19(7-4-14-24-21)26(22(18)25-20)17-10-8-16(9-11-17)15-5-2-1-3-6-15;18-12-8-9-14-16(11-12)20(13-5-2-1-3-6-13)15-7-4-10-19-17(14)15/h1-16H;1-15H;1-14H;1-11H. The summed E-state index contributed by atoms with van der Waals surface area (Å²) in [6.45, 7) is 0. The molecule has 0 amide bonds. The lowest BCUT2D eigenvalue weighted by molar-refractivity contribution is 0.952. The molecule has 104 heavy (non-hydrogen) atoms. The number of para-hydroxylation sites is 1. The Labute approximate surface area is 630 Å². The van der Waals surface area contributed by atoms with Crippen molar-refractivity contribution >= 4 is 152 Å². The highest BCUT2D eigenvalue weighted by atomic mass is 79.9. The Morgan fingerprint density at radius 3 is 1.06 bits per heavy atom. The fourth-order valence-electron chi connectivity index (χ4n) is 13.5. The number of fused-ring (bicyclic) bond motifs is 12. The van der Waals surface area contributed by atoms with E-state index in [-0.39, 0.29) is 0 Å². The van der Waals surface area contributed by atoms with Crippen molar-refractivity contribution in [3.63, 3.8) is 0 Å². The maximum Gasteiger partial charge on any atom is 0.238 e. The van der Waals surface area contributed by atoms with Crippen molar-refractivity contribution in [2.24, 2.45) is 0 Å². The van der Waals surface area contributed by atoms with E-state index in [2.05, 4.69) is 296 Å². The highest BCUT2D eigenvalue weighted by molar-refractivity contribution is 9.11. The van der Waals surface area contributed by atoms with Gasteiger partial charge in [0.15, 0.2) is 11.6 Å². The van der Waals surface area contributed by atoms with Crippen LogP contribution in [0.5, 0.6) is 0 Å². The topological polar surface area (TPSA) is 123 Å². The van der Waals surface area contributed by atoms with Crippen molar-refractivity contribution in [2.75, 3.05) is 0 Å². The largest absolute Gasteiger partial charge is 0.308 e. The summed E-state index contributed by atoms with van der Waals surface area (Å²) in [6, 6.07) is 108. The molecule has 0 aliphatic carbocycles. The van der Waals surface area contributed by atoms with Gasteiger partial charge in [0.1, 0.15) is 10.3 Å². The van der Waals surface area contributed by atoms with Gasteiger partial charge < -0.3 is 9.13 Å². The molecule has 0 spiro atoms. The van der Waals surface area contributed by atoms with Crippen LogP contribution in [0.1, 0.15) is 0 Å². The molecule has 0 saturated carbocycles. The Morgan fingerprint density at radius 2 is 0.577 bits per heavy atom. The molecule has 0 bridgehead atoms. The minimum absolute atomic E-state index is 0.559. The summed E-state index contributed by atoms with van der Waals surface area (Å²) in [5, 5.41) is 4.43. The van der Waals surface area contributed by atoms with Gasteiger partial charge in [0.2, 0.25) is 5.95 Å². The van der Waals surface area contributed by atoms with E-state index in [9.17, 15) is 0 Å². The average Bonchev–Trinajstić information content (AvgIpc) is 1.62. The second-order valence-corrected chi connectivity index (χ2v) is 28.1. The zero-order chi connectivity index (χ0) is 70.0. The lowest BCUT2D eigenvalue weighted by Gasteiger charge is -2.10. The Morgan fingerprint density at radius 1 is 0.221 bits per heavy atom. The van der Waals surface area contributed by atoms with Crippen molar-refractivity contribution in [3.05, 3.63) is 358 Å². The lowest BCUT2D eigenvalue weighted by atomic mass is 10.1. The first-order valence-electron chi connectivity index (χ1n) is 33.5. The van der Waals surface area contributed by atoms with E-state index in [0.717, 1.165) is 123 Å². The maximum atomic E-state index is 4.90. The molecule has 10 aromatic carbocycles. The molecule has 16 heteroatoms. The zero-order valence-electron chi connectivity index (χ0n) is 55.2. The molecule has 10 aromatic heterocycles. The number of benzene rings is 10. The molecular weight excluding hydrogens is 1540 g/mol. The SMILES string of the molecule is Brc1ccc2c3ncccc3n(-c3ccc(-c4ccccc4)cc3)c2n1.Brc1ccc2c3ncccc3n(-c3cccc(-c4ccccc4)c3)c2c1.Brc1ccc2c3ncccc3n(-c3ccccc3)c2c1.Brc1ccc2c3ncccc3n(-c3nc(-c4ccccc4)nc(-c4ccccc4)n3)c2c1. The second kappa shape index (κ2) is 28.8. The first-order chi connectivity index (χ1) is 51.2. The fourth-order valence-corrected chi connectivity index (χ4v) is 14.8. The predicted molar refractivity (Wildman–Crippen MR) is 438 cm³/mol. The third kappa shape index (κ3) is 12.8. The van der Waals surface area contributed by atoms with Crippen LogP contribution in [0.3, 0.4) is 0 Å². The Kier molecular flexibility index (Phi) is 18.1. The molecular formula is C88H56Br4N12. The van der Waals surface area contributed by atoms with Gasteiger partial charge in [-0.05, 0) is 190 Å². The summed E-state index contributed by atoms with van der Waals surface area (Å²) in [5.41, 5.74) is 22.5. The highest BCUT2D eigenvalue weighted by Crippen LogP contribution is 2.38. The molecule has 12 nitrogen and oxygen atoms in total. The van der Waals surface area contributed by atoms with Crippen LogP contribution in [0.15, 0.2) is 358 Å². The highest BCUT2D eigenvalue weighted by Gasteiger charge is 2.21. The Hall–Kier alpha value is -11.9. The van der Waals surface area contributed by atoms with Crippen LogP contribution < -0.4 is 0 Å². The first-order valence-corrected chi connectivity index (χ1v) is 36.7. The van der Waals surface area contributed by atoms with Gasteiger partial charge in [-0.3, -0.25) is 29.1 Å². The average molecular weight is 1600 g/mol. The summed E-state index contributed by atoms with van der Waals surface area (Å²) in [7, 11) is 0. The van der Waals surface area contributed by atoms with E-state index in [4.69, 9.17) is 19.9 Å². The van der Waals surface area contributed by atoms with E-state index >= 15 is 0 Å². The molecule has 496 valence electrons. The number of rotatable bonds is 8. The summed E-state index contributed by atoms with van der Waals surface area (Å²) >= 11 is 14.3. The van der Waals surface area contributed by atoms with Crippen LogP contribution in [0.4, 0.5) is 0 Å². The van der Waals surface area contributed by atoms with Crippen molar-refractivity contribution < 1.29 is 0 Å². The Bertz CT molecular complexity index is 6470. The molecule has 0 fully saturated rings. The summed E-state index contributed by atoms with van der Waals surface area (Å²) in [5.74, 6) is 1.82. The van der Waals surface area contributed by atoms with E-state index in [0.29, 0.717) is 17.6 Å². The van der Waals surface area contributed by atoms with Crippen LogP contribution in [0.25, 0.3) is 156 Å². The van der Waals surface area contributed by atoms with Crippen molar-refractivity contribution in [2.45, 2.75) is 0 Å². The molecule has 0 aliphatic heterocycles. The second-order valence-electron chi connectivity index (χ2n) is 24.5. The number of pyridine rings is 5. The van der Waals surface area contributed by atoms with Gasteiger partial charge >= 0.3 is 0 Å². The van der Waals surface area contributed by atoms with Gasteiger partial charge in [-0.25, -0.2) is 9.97 Å². The molecule has 0 N–H and O–H groups in total. The van der Waals surface area contributed by atoms with E-state index in [1.54, 1.807) is 0 Å². The third-order valence-corrected chi connectivity index (χ3v) is 20.1. The molecule has 20 aromatic rings. The molecule has 0 unspecified atom stereocenters. The third-order valence-electron chi connectivity index (χ3n) is 18.1. The van der Waals surface area contributed by atoms with E-state index < -0.39 is 0 Å². The Balaban J connectivity index is 0.000000104. The zero-order valence-corrected chi connectivity index (χ0v) is 61.6. The smallest absolute Gasteiger partial charge is 0.238 e. The van der Waals surface area contributed by atoms with Crippen molar-refractivity contribution in [3.8, 4) is 68.0 Å². The minimum Gasteiger partial charge on any atom is -0.308 e. The van der Waals surface area contributed by atoms with E-state index in [1.807, 2.05) is 146 Å². The summed E-state index contributed by atoms with van der Waals surface area (Å²) in [4.78, 5) is 37.7. The minimum atomic E-state index is 0.559. The number of aromatic nitrogens is 12. The fraction of sp³-hybridized carbons (Fsp3) is 0. The quantitative estimate of drug-likeness (QED) is 0.138. The van der Waals surface area contributed by atoms with Gasteiger partial charge in [-0.2, -0.15) is 9.97 Å². The van der Waals surface area contributed by atoms with E-state index in [1.165, 1.54) is 33.2 Å². The lowest BCUT2D eigenvalue weighted by Crippen LogP contribution is -2.06. The van der Waals surface area contributed by atoms with Gasteiger partial charge in [0.25, 0.3) is 0 Å². The van der Waals surface area contributed by atoms with Gasteiger partial charge in [-0.15, -0.1) is 0 Å². The molecule has 0 radical (unpaired) electrons. The monoisotopic (exact) mass is 1600 g/mol. The molecule has 0 atom stereocenters. The molecule has 10 heterocycles. The number of nitrogens with zero attached hydrogens (tertiary/aromatic N) is 12. The van der Waals surface area contributed by atoms with Crippen LogP contribution >= 0.6 is 63.7 Å². The van der Waals surface area contributed by atoms with Crippen LogP contribution in [-0.4, -0.2) is 58.1 Å². The molecule has 0 saturated heterocycles. The van der Waals surface area contributed by atoms with Crippen LogP contribution in [0.2, 0.25) is 0 Å². The van der Waals surface area contributed by atoms with Gasteiger partial charge in [0.05, 0.1) is 60.7 Å². The van der Waals surface area contributed by atoms with Crippen LogP contribution in [0, 0.1) is 0 Å². The van der Waals surface area contributed by atoms with Crippen molar-refractivity contribution in [1.82, 2.24) is 58.1 Å². The number of hydrogen-bond acceptors (Lipinski definition) is 8. The van der Waals surface area contributed by atoms with Crippen LogP contribution in [-0.2, 0) is 0 Å². The first kappa shape index (κ1) is 65.4. The molecule has 0 aliphatic rings. The number of hydrogen-bond donors (Lipinski definition) is 0. The van der Waals surface area contributed by atoms with Gasteiger partial charge in [0, 0.05) is 87.9 Å².